The number of rotatable bonds is 3. The molecule has 3 aromatic rings. The largest absolute Gasteiger partial charge is 0.355 e. The van der Waals surface area contributed by atoms with Crippen molar-refractivity contribution in [2.75, 3.05) is 5.32 Å². The van der Waals surface area contributed by atoms with Gasteiger partial charge >= 0.3 is 0 Å². The maximum Gasteiger partial charge on any atom is 0.159 e. The first-order valence-corrected chi connectivity index (χ1v) is 6.70. The third-order valence-electron chi connectivity index (χ3n) is 3.37. The predicted octanol–water partition coefficient (Wildman–Crippen LogP) is 4.93. The van der Waals surface area contributed by atoms with Crippen molar-refractivity contribution in [3.05, 3.63) is 72.0 Å². The summed E-state index contributed by atoms with van der Waals surface area (Å²) in [6.45, 7) is 1.43. The number of nitrogens with one attached hydrogen (secondary N) is 1. The third kappa shape index (κ3) is 2.77. The van der Waals surface area contributed by atoms with Crippen molar-refractivity contribution >= 4 is 27.9 Å². The summed E-state index contributed by atoms with van der Waals surface area (Å²) < 4.78 is 13.6. The lowest BCUT2D eigenvalue weighted by Gasteiger charge is -2.11. The molecule has 0 aliphatic carbocycles. The van der Waals surface area contributed by atoms with Crippen LogP contribution in [0.15, 0.2) is 60.7 Å². The lowest BCUT2D eigenvalue weighted by atomic mass is 10.1. The van der Waals surface area contributed by atoms with Crippen LogP contribution >= 0.6 is 0 Å². The second-order valence-electron chi connectivity index (χ2n) is 4.94. The first-order valence-electron chi connectivity index (χ1n) is 6.70. The highest BCUT2D eigenvalue weighted by Crippen LogP contribution is 2.27. The number of hydrogen-bond donors (Lipinski definition) is 1. The minimum Gasteiger partial charge on any atom is -0.355 e. The molecule has 0 aliphatic heterocycles. The van der Waals surface area contributed by atoms with E-state index in [1.165, 1.54) is 19.1 Å². The first-order chi connectivity index (χ1) is 10.1. The zero-order valence-electron chi connectivity index (χ0n) is 11.6. The second kappa shape index (κ2) is 5.37. The van der Waals surface area contributed by atoms with Crippen LogP contribution < -0.4 is 5.32 Å². The Bertz CT molecular complexity index is 821. The number of Topliss-reactive ketones (excluding diaryl/α,β-unsaturated/α-hetero) is 1. The molecule has 0 saturated heterocycles. The Morgan fingerprint density at radius 3 is 2.57 bits per heavy atom. The molecule has 21 heavy (non-hydrogen) atoms. The molecule has 0 fully saturated rings. The molecule has 0 spiro atoms. The van der Waals surface area contributed by atoms with Crippen molar-refractivity contribution in [1.29, 1.82) is 0 Å². The van der Waals surface area contributed by atoms with Gasteiger partial charge in [-0.15, -0.1) is 0 Å². The fraction of sp³-hybridized carbons (Fsp3) is 0.0556. The Hall–Kier alpha value is -2.68. The van der Waals surface area contributed by atoms with E-state index < -0.39 is 5.82 Å². The van der Waals surface area contributed by atoms with E-state index in [4.69, 9.17) is 0 Å². The van der Waals surface area contributed by atoms with E-state index in [1.54, 1.807) is 6.07 Å². The van der Waals surface area contributed by atoms with Gasteiger partial charge in [-0.2, -0.15) is 0 Å². The molecule has 0 bridgehead atoms. The maximum absolute atomic E-state index is 13.6. The molecular weight excluding hydrogens is 265 g/mol. The Labute approximate surface area is 122 Å². The van der Waals surface area contributed by atoms with Gasteiger partial charge in [0.2, 0.25) is 0 Å². The van der Waals surface area contributed by atoms with Crippen LogP contribution in [0.5, 0.6) is 0 Å². The second-order valence-corrected chi connectivity index (χ2v) is 4.94. The molecular formula is C18H14FNO. The molecule has 0 saturated carbocycles. The molecule has 3 rings (SSSR count). The maximum atomic E-state index is 13.6. The van der Waals surface area contributed by atoms with Crippen molar-refractivity contribution in [2.45, 2.75) is 6.92 Å². The lowest BCUT2D eigenvalue weighted by molar-refractivity contribution is 0.101. The van der Waals surface area contributed by atoms with Crippen molar-refractivity contribution < 1.29 is 9.18 Å². The van der Waals surface area contributed by atoms with E-state index in [-0.39, 0.29) is 5.78 Å². The molecule has 1 N–H and O–H groups in total. The van der Waals surface area contributed by atoms with Gasteiger partial charge in [-0.3, -0.25) is 4.79 Å². The van der Waals surface area contributed by atoms with Crippen LogP contribution in [0.25, 0.3) is 10.8 Å². The fourth-order valence-electron chi connectivity index (χ4n) is 2.35. The lowest BCUT2D eigenvalue weighted by Crippen LogP contribution is -1.97. The normalized spacial score (nSPS) is 10.6. The monoisotopic (exact) mass is 279 g/mol. The van der Waals surface area contributed by atoms with Crippen molar-refractivity contribution in [3.8, 4) is 0 Å². The molecule has 0 heterocycles. The van der Waals surface area contributed by atoms with Crippen LogP contribution in [0.4, 0.5) is 15.8 Å². The Balaban J connectivity index is 2.05. The van der Waals surface area contributed by atoms with Gasteiger partial charge in [0.05, 0.1) is 0 Å². The van der Waals surface area contributed by atoms with E-state index in [2.05, 4.69) is 5.32 Å². The highest BCUT2D eigenvalue weighted by atomic mass is 19.1. The molecule has 2 nitrogen and oxygen atoms in total. The number of carbonyl (C=O) groups is 1. The van der Waals surface area contributed by atoms with Gasteiger partial charge in [0.15, 0.2) is 5.78 Å². The van der Waals surface area contributed by atoms with Crippen LogP contribution in [0.1, 0.15) is 17.3 Å². The van der Waals surface area contributed by atoms with Gasteiger partial charge in [0, 0.05) is 22.3 Å². The summed E-state index contributed by atoms with van der Waals surface area (Å²) in [5, 5.41) is 5.34. The quantitative estimate of drug-likeness (QED) is 0.689. The van der Waals surface area contributed by atoms with E-state index >= 15 is 0 Å². The van der Waals surface area contributed by atoms with Gasteiger partial charge in [-0.1, -0.05) is 36.4 Å². The summed E-state index contributed by atoms with van der Waals surface area (Å²) in [5.74, 6) is -0.582. The Morgan fingerprint density at radius 1 is 1.00 bits per heavy atom. The third-order valence-corrected chi connectivity index (χ3v) is 3.37. The molecule has 0 amide bonds. The fourth-order valence-corrected chi connectivity index (χ4v) is 2.35. The standard InChI is InChI=1S/C18H14FNO/c1-12(21)14-9-15(19)11-16(10-14)20-18-8-4-6-13-5-2-3-7-17(13)18/h2-11,20H,1H3. The van der Waals surface area contributed by atoms with Crippen molar-refractivity contribution in [1.82, 2.24) is 0 Å². The van der Waals surface area contributed by atoms with E-state index in [9.17, 15) is 9.18 Å². The smallest absolute Gasteiger partial charge is 0.159 e. The Kier molecular flexibility index (Phi) is 3.40. The summed E-state index contributed by atoms with van der Waals surface area (Å²) in [6, 6.07) is 18.1. The summed E-state index contributed by atoms with van der Waals surface area (Å²) >= 11 is 0. The number of ketones is 1. The molecule has 3 aromatic carbocycles. The number of anilines is 2. The summed E-state index contributed by atoms with van der Waals surface area (Å²) in [4.78, 5) is 11.4. The number of halogens is 1. The summed E-state index contributed by atoms with van der Waals surface area (Å²) in [5.41, 5.74) is 1.81. The van der Waals surface area contributed by atoms with Crippen LogP contribution in [-0.2, 0) is 0 Å². The summed E-state index contributed by atoms with van der Waals surface area (Å²) in [7, 11) is 0. The Morgan fingerprint density at radius 2 is 1.76 bits per heavy atom. The minimum atomic E-state index is -0.426. The summed E-state index contributed by atoms with van der Waals surface area (Å²) in [6.07, 6.45) is 0. The SMILES string of the molecule is CC(=O)c1cc(F)cc(Nc2cccc3ccccc23)c1. The topological polar surface area (TPSA) is 29.1 Å². The van der Waals surface area contributed by atoms with Crippen LogP contribution in [0.2, 0.25) is 0 Å². The average Bonchev–Trinajstić information content (AvgIpc) is 2.47. The molecule has 3 heteroatoms. The van der Waals surface area contributed by atoms with Gasteiger partial charge in [0.25, 0.3) is 0 Å². The average molecular weight is 279 g/mol. The zero-order valence-corrected chi connectivity index (χ0v) is 11.6. The van der Waals surface area contributed by atoms with Gasteiger partial charge < -0.3 is 5.32 Å². The molecule has 0 aliphatic rings. The molecule has 0 unspecified atom stereocenters. The first kappa shape index (κ1) is 13.3. The van der Waals surface area contributed by atoms with Crippen molar-refractivity contribution in [3.63, 3.8) is 0 Å². The van der Waals surface area contributed by atoms with Crippen LogP contribution in [0, 0.1) is 5.82 Å². The molecule has 0 atom stereocenters. The van der Waals surface area contributed by atoms with Gasteiger partial charge in [0.1, 0.15) is 5.82 Å². The number of benzene rings is 3. The van der Waals surface area contributed by atoms with Gasteiger partial charge in [-0.25, -0.2) is 4.39 Å². The molecule has 0 radical (unpaired) electrons. The number of carbonyl (C=O) groups excluding carboxylic acids is 1. The molecule has 0 aromatic heterocycles. The highest BCUT2D eigenvalue weighted by molar-refractivity contribution is 5.97. The molecule has 104 valence electrons. The minimum absolute atomic E-state index is 0.157. The highest BCUT2D eigenvalue weighted by Gasteiger charge is 2.06. The van der Waals surface area contributed by atoms with Crippen molar-refractivity contribution in [2.24, 2.45) is 0 Å². The predicted molar refractivity (Wildman–Crippen MR) is 83.6 cm³/mol. The van der Waals surface area contributed by atoms with Crippen LogP contribution in [0.3, 0.4) is 0 Å². The van der Waals surface area contributed by atoms with Gasteiger partial charge in [-0.05, 0) is 36.6 Å². The van der Waals surface area contributed by atoms with E-state index in [0.717, 1.165) is 16.5 Å². The van der Waals surface area contributed by atoms with Crippen LogP contribution in [-0.4, -0.2) is 5.78 Å². The van der Waals surface area contributed by atoms with E-state index in [1.807, 2.05) is 42.5 Å². The zero-order chi connectivity index (χ0) is 14.8. The number of fused-ring (bicyclic) bond motifs is 1. The van der Waals surface area contributed by atoms with E-state index in [0.29, 0.717) is 11.3 Å². The number of hydrogen-bond acceptors (Lipinski definition) is 2.